The van der Waals surface area contributed by atoms with Crippen molar-refractivity contribution >= 4 is 0 Å². The predicted octanol–water partition coefficient (Wildman–Crippen LogP) is 2.37. The number of ether oxygens (including phenoxy) is 1. The smallest absolute Gasteiger partial charge is 0.122 e. The fraction of sp³-hybridized carbons (Fsp3) is 0.538. The molecule has 2 heteroatoms. The Kier molecular flexibility index (Phi) is 3.62. The van der Waals surface area contributed by atoms with Crippen LogP contribution >= 0.6 is 0 Å². The SMILES string of the molecule is NCCCc1ccccc1OCC1CC1. The molecule has 1 aliphatic carbocycles. The molecule has 82 valence electrons. The number of hydrogen-bond donors (Lipinski definition) is 1. The van der Waals surface area contributed by atoms with Gasteiger partial charge < -0.3 is 10.5 Å². The second-order valence-electron chi connectivity index (χ2n) is 4.25. The minimum atomic E-state index is 0.747. The molecule has 0 amide bonds. The van der Waals surface area contributed by atoms with Gasteiger partial charge in [-0.05, 0) is 49.8 Å². The Morgan fingerprint density at radius 2 is 2.07 bits per heavy atom. The van der Waals surface area contributed by atoms with Crippen molar-refractivity contribution in [1.29, 1.82) is 0 Å². The number of aryl methyl sites for hydroxylation is 1. The van der Waals surface area contributed by atoms with Crippen LogP contribution in [0.2, 0.25) is 0 Å². The molecule has 0 saturated heterocycles. The van der Waals surface area contributed by atoms with Crippen molar-refractivity contribution < 1.29 is 4.74 Å². The Morgan fingerprint density at radius 3 is 2.80 bits per heavy atom. The van der Waals surface area contributed by atoms with Crippen LogP contribution in [0.4, 0.5) is 0 Å². The van der Waals surface area contributed by atoms with Gasteiger partial charge in [0.1, 0.15) is 5.75 Å². The van der Waals surface area contributed by atoms with Crippen LogP contribution in [0.5, 0.6) is 5.75 Å². The molecule has 0 aromatic heterocycles. The van der Waals surface area contributed by atoms with E-state index in [2.05, 4.69) is 18.2 Å². The summed E-state index contributed by atoms with van der Waals surface area (Å²) in [5.41, 5.74) is 6.81. The fourth-order valence-electron chi connectivity index (χ4n) is 1.64. The largest absolute Gasteiger partial charge is 0.493 e. The zero-order valence-corrected chi connectivity index (χ0v) is 9.11. The summed E-state index contributed by atoms with van der Waals surface area (Å²) in [5.74, 6) is 1.87. The van der Waals surface area contributed by atoms with Crippen LogP contribution < -0.4 is 10.5 Å². The van der Waals surface area contributed by atoms with E-state index in [1.165, 1.54) is 18.4 Å². The highest BCUT2D eigenvalue weighted by Gasteiger charge is 2.22. The van der Waals surface area contributed by atoms with Crippen LogP contribution in [-0.4, -0.2) is 13.2 Å². The summed E-state index contributed by atoms with van der Waals surface area (Å²) >= 11 is 0. The van der Waals surface area contributed by atoms with E-state index >= 15 is 0 Å². The highest BCUT2D eigenvalue weighted by Crippen LogP contribution is 2.30. The Hall–Kier alpha value is -1.02. The quantitative estimate of drug-likeness (QED) is 0.773. The van der Waals surface area contributed by atoms with Gasteiger partial charge in [0, 0.05) is 0 Å². The zero-order valence-electron chi connectivity index (χ0n) is 9.11. The lowest BCUT2D eigenvalue weighted by atomic mass is 10.1. The molecule has 0 unspecified atom stereocenters. The van der Waals surface area contributed by atoms with Crippen LogP contribution in [0.1, 0.15) is 24.8 Å². The van der Waals surface area contributed by atoms with E-state index in [1.54, 1.807) is 0 Å². The Balaban J connectivity index is 1.93. The van der Waals surface area contributed by atoms with Gasteiger partial charge in [-0.25, -0.2) is 0 Å². The van der Waals surface area contributed by atoms with Crippen LogP contribution in [0.3, 0.4) is 0 Å². The molecule has 0 spiro atoms. The van der Waals surface area contributed by atoms with E-state index < -0.39 is 0 Å². The number of rotatable bonds is 6. The Morgan fingerprint density at radius 1 is 1.27 bits per heavy atom. The van der Waals surface area contributed by atoms with Gasteiger partial charge in [0.05, 0.1) is 6.61 Å². The average molecular weight is 205 g/mol. The molecule has 2 nitrogen and oxygen atoms in total. The number of nitrogens with two attached hydrogens (primary N) is 1. The first-order chi connectivity index (χ1) is 7.40. The molecule has 15 heavy (non-hydrogen) atoms. The molecule has 2 N–H and O–H groups in total. The average Bonchev–Trinajstić information content (AvgIpc) is 3.08. The molecule has 1 saturated carbocycles. The molecule has 0 radical (unpaired) electrons. The maximum absolute atomic E-state index is 5.82. The third kappa shape index (κ3) is 3.24. The Bertz CT molecular complexity index is 307. The molecule has 0 atom stereocenters. The van der Waals surface area contributed by atoms with Crippen LogP contribution in [0.25, 0.3) is 0 Å². The van der Waals surface area contributed by atoms with E-state index in [9.17, 15) is 0 Å². The topological polar surface area (TPSA) is 35.2 Å². The van der Waals surface area contributed by atoms with Crippen molar-refractivity contribution in [3.63, 3.8) is 0 Å². The van der Waals surface area contributed by atoms with Crippen molar-refractivity contribution in [3.8, 4) is 5.75 Å². The van der Waals surface area contributed by atoms with Crippen molar-refractivity contribution in [2.24, 2.45) is 11.7 Å². The predicted molar refractivity (Wildman–Crippen MR) is 62.0 cm³/mol. The summed E-state index contributed by atoms with van der Waals surface area (Å²) in [5, 5.41) is 0. The van der Waals surface area contributed by atoms with Gasteiger partial charge in [0.15, 0.2) is 0 Å². The van der Waals surface area contributed by atoms with Gasteiger partial charge >= 0.3 is 0 Å². The maximum Gasteiger partial charge on any atom is 0.122 e. The molecular weight excluding hydrogens is 186 g/mol. The minimum Gasteiger partial charge on any atom is -0.493 e. The van der Waals surface area contributed by atoms with Gasteiger partial charge in [-0.3, -0.25) is 0 Å². The lowest BCUT2D eigenvalue weighted by molar-refractivity contribution is 0.296. The summed E-state index contributed by atoms with van der Waals surface area (Å²) in [6.07, 6.45) is 4.73. The second-order valence-corrected chi connectivity index (χ2v) is 4.25. The van der Waals surface area contributed by atoms with Crippen molar-refractivity contribution in [2.45, 2.75) is 25.7 Å². The molecule has 0 heterocycles. The molecule has 0 bridgehead atoms. The van der Waals surface area contributed by atoms with E-state index in [-0.39, 0.29) is 0 Å². The molecule has 0 aliphatic heterocycles. The van der Waals surface area contributed by atoms with Gasteiger partial charge in [-0.1, -0.05) is 18.2 Å². The number of hydrogen-bond acceptors (Lipinski definition) is 2. The van der Waals surface area contributed by atoms with Gasteiger partial charge in [-0.15, -0.1) is 0 Å². The lowest BCUT2D eigenvalue weighted by Crippen LogP contribution is -2.04. The van der Waals surface area contributed by atoms with E-state index in [4.69, 9.17) is 10.5 Å². The van der Waals surface area contributed by atoms with Gasteiger partial charge in [-0.2, -0.15) is 0 Å². The molecule has 1 aliphatic rings. The summed E-state index contributed by atoms with van der Waals surface area (Å²) < 4.78 is 5.82. The highest BCUT2D eigenvalue weighted by molar-refractivity contribution is 5.33. The van der Waals surface area contributed by atoms with E-state index in [0.29, 0.717) is 0 Å². The summed E-state index contributed by atoms with van der Waals surface area (Å²) in [4.78, 5) is 0. The van der Waals surface area contributed by atoms with Crippen LogP contribution in [0, 0.1) is 5.92 Å². The fourth-order valence-corrected chi connectivity index (χ4v) is 1.64. The number of benzene rings is 1. The van der Waals surface area contributed by atoms with Crippen LogP contribution in [-0.2, 0) is 6.42 Å². The minimum absolute atomic E-state index is 0.747. The first kappa shape index (κ1) is 10.5. The number of para-hydroxylation sites is 1. The Labute approximate surface area is 91.4 Å². The molecule has 1 aromatic carbocycles. The summed E-state index contributed by atoms with van der Waals surface area (Å²) in [6.45, 7) is 1.64. The first-order valence-electron chi connectivity index (χ1n) is 5.81. The van der Waals surface area contributed by atoms with E-state index in [1.807, 2.05) is 6.07 Å². The molecule has 1 aromatic rings. The van der Waals surface area contributed by atoms with Gasteiger partial charge in [0.25, 0.3) is 0 Å². The van der Waals surface area contributed by atoms with Crippen molar-refractivity contribution in [3.05, 3.63) is 29.8 Å². The van der Waals surface area contributed by atoms with Crippen LogP contribution in [0.15, 0.2) is 24.3 Å². The lowest BCUT2D eigenvalue weighted by Gasteiger charge is -2.10. The van der Waals surface area contributed by atoms with Crippen molar-refractivity contribution in [1.82, 2.24) is 0 Å². The molecule has 1 fully saturated rings. The maximum atomic E-state index is 5.82. The standard InChI is InChI=1S/C13H19NO/c14-9-3-5-12-4-1-2-6-13(12)15-10-11-7-8-11/h1-2,4,6,11H,3,5,7-10,14H2. The summed E-state index contributed by atoms with van der Waals surface area (Å²) in [7, 11) is 0. The normalized spacial score (nSPS) is 15.3. The highest BCUT2D eigenvalue weighted by atomic mass is 16.5. The van der Waals surface area contributed by atoms with Crippen molar-refractivity contribution in [2.75, 3.05) is 13.2 Å². The van der Waals surface area contributed by atoms with E-state index in [0.717, 1.165) is 37.7 Å². The first-order valence-corrected chi connectivity index (χ1v) is 5.81. The molecular formula is C13H19NO. The monoisotopic (exact) mass is 205 g/mol. The summed E-state index contributed by atoms with van der Waals surface area (Å²) in [6, 6.07) is 8.30. The third-order valence-electron chi connectivity index (χ3n) is 2.79. The second kappa shape index (κ2) is 5.17. The zero-order chi connectivity index (χ0) is 10.5. The molecule has 2 rings (SSSR count). The third-order valence-corrected chi connectivity index (χ3v) is 2.79. The van der Waals surface area contributed by atoms with Gasteiger partial charge in [0.2, 0.25) is 0 Å².